The Balaban J connectivity index is 1.85. The Morgan fingerprint density at radius 1 is 1.14 bits per heavy atom. The predicted octanol–water partition coefficient (Wildman–Crippen LogP) is 2.72. The highest BCUT2D eigenvalue weighted by Crippen LogP contribution is 2.31. The number of benzene rings is 1. The molecule has 1 aromatic carbocycles. The number of anilines is 1. The summed E-state index contributed by atoms with van der Waals surface area (Å²) < 4.78 is 1.36. The fourth-order valence-electron chi connectivity index (χ4n) is 2.26. The summed E-state index contributed by atoms with van der Waals surface area (Å²) in [5, 5.41) is 10.6. The van der Waals surface area contributed by atoms with E-state index in [9.17, 15) is 14.4 Å². The zero-order chi connectivity index (χ0) is 21.4. The van der Waals surface area contributed by atoms with E-state index in [-0.39, 0.29) is 11.8 Å². The van der Waals surface area contributed by atoms with E-state index in [1.807, 2.05) is 13.8 Å². The third-order valence-electron chi connectivity index (χ3n) is 3.91. The zero-order valence-corrected chi connectivity index (χ0v) is 18.8. The SMILES string of the molecule is CCN(CC)C(=O)CSc1nnc(S[C@H](C)C(=O)Nc2ccc(C(N)=O)cc2)s1. The fourth-order valence-corrected chi connectivity index (χ4v) is 5.33. The molecule has 0 unspecified atom stereocenters. The molecule has 156 valence electrons. The largest absolute Gasteiger partial charge is 0.366 e. The van der Waals surface area contributed by atoms with Crippen LogP contribution in [0.1, 0.15) is 31.1 Å². The van der Waals surface area contributed by atoms with Crippen LogP contribution in [-0.2, 0) is 9.59 Å². The molecule has 0 aliphatic carbocycles. The highest BCUT2D eigenvalue weighted by Gasteiger charge is 2.18. The molecule has 11 heteroatoms. The second-order valence-corrected chi connectivity index (χ2v) is 9.67. The van der Waals surface area contributed by atoms with Crippen molar-refractivity contribution in [3.8, 4) is 0 Å². The van der Waals surface area contributed by atoms with Crippen LogP contribution in [0.5, 0.6) is 0 Å². The Morgan fingerprint density at radius 2 is 1.76 bits per heavy atom. The van der Waals surface area contributed by atoms with Crippen LogP contribution in [-0.4, -0.2) is 56.9 Å². The van der Waals surface area contributed by atoms with Crippen LogP contribution in [0.2, 0.25) is 0 Å². The Morgan fingerprint density at radius 3 is 2.34 bits per heavy atom. The molecule has 1 heterocycles. The van der Waals surface area contributed by atoms with Gasteiger partial charge in [0.25, 0.3) is 0 Å². The van der Waals surface area contributed by atoms with Crippen LogP contribution < -0.4 is 11.1 Å². The third kappa shape index (κ3) is 7.02. The van der Waals surface area contributed by atoms with Gasteiger partial charge in [-0.05, 0) is 45.0 Å². The number of nitrogens with zero attached hydrogens (tertiary/aromatic N) is 3. The van der Waals surface area contributed by atoms with Gasteiger partial charge < -0.3 is 16.0 Å². The molecule has 0 radical (unpaired) electrons. The Labute approximate surface area is 182 Å². The molecule has 0 saturated carbocycles. The Bertz CT molecular complexity index is 853. The molecule has 3 amide bonds. The second-order valence-electron chi connectivity index (χ2n) is 5.88. The first-order valence-corrected chi connectivity index (χ1v) is 11.6. The lowest BCUT2D eigenvalue weighted by molar-refractivity contribution is -0.128. The Kier molecular flexibility index (Phi) is 8.93. The van der Waals surface area contributed by atoms with Crippen molar-refractivity contribution in [1.82, 2.24) is 15.1 Å². The minimum atomic E-state index is -0.518. The van der Waals surface area contributed by atoms with E-state index in [1.165, 1.54) is 34.9 Å². The standard InChI is InChI=1S/C18H23N5O3S3/c1-4-23(5-2)14(24)10-27-17-21-22-18(29-17)28-11(3)16(26)20-13-8-6-12(7-9-13)15(19)25/h6-9,11H,4-5,10H2,1-3H3,(H2,19,25)(H,20,26)/t11-/m1/s1. The topological polar surface area (TPSA) is 118 Å². The maximum atomic E-state index is 12.4. The van der Waals surface area contributed by atoms with Gasteiger partial charge in [0.2, 0.25) is 17.7 Å². The van der Waals surface area contributed by atoms with Gasteiger partial charge in [0.15, 0.2) is 8.68 Å². The van der Waals surface area contributed by atoms with Crippen molar-refractivity contribution in [1.29, 1.82) is 0 Å². The quantitative estimate of drug-likeness (QED) is 0.531. The van der Waals surface area contributed by atoms with Gasteiger partial charge in [0, 0.05) is 24.3 Å². The molecule has 0 aliphatic rings. The molecule has 2 aromatic rings. The summed E-state index contributed by atoms with van der Waals surface area (Å²) in [5.74, 6) is -0.323. The molecule has 8 nitrogen and oxygen atoms in total. The van der Waals surface area contributed by atoms with Crippen molar-refractivity contribution in [2.45, 2.75) is 34.7 Å². The van der Waals surface area contributed by atoms with E-state index in [2.05, 4.69) is 15.5 Å². The highest BCUT2D eigenvalue weighted by atomic mass is 32.2. The van der Waals surface area contributed by atoms with Crippen LogP contribution in [0.15, 0.2) is 32.9 Å². The number of rotatable bonds is 10. The van der Waals surface area contributed by atoms with Gasteiger partial charge in [0.1, 0.15) is 0 Å². The van der Waals surface area contributed by atoms with Crippen molar-refractivity contribution < 1.29 is 14.4 Å². The summed E-state index contributed by atoms with van der Waals surface area (Å²) in [7, 11) is 0. The number of hydrogen-bond donors (Lipinski definition) is 2. The lowest BCUT2D eigenvalue weighted by atomic mass is 10.2. The molecular formula is C18H23N5O3S3. The van der Waals surface area contributed by atoms with Gasteiger partial charge in [-0.2, -0.15) is 0 Å². The summed E-state index contributed by atoms with van der Waals surface area (Å²) in [4.78, 5) is 37.3. The summed E-state index contributed by atoms with van der Waals surface area (Å²) in [6.07, 6.45) is 0. The maximum Gasteiger partial charge on any atom is 0.248 e. The molecule has 29 heavy (non-hydrogen) atoms. The number of carbonyl (C=O) groups excluding carboxylic acids is 3. The van der Waals surface area contributed by atoms with E-state index in [0.29, 0.717) is 38.8 Å². The van der Waals surface area contributed by atoms with E-state index in [0.717, 1.165) is 0 Å². The lowest BCUT2D eigenvalue weighted by Gasteiger charge is -2.17. The normalized spacial score (nSPS) is 11.7. The van der Waals surface area contributed by atoms with Gasteiger partial charge >= 0.3 is 0 Å². The van der Waals surface area contributed by atoms with Crippen molar-refractivity contribution in [3.05, 3.63) is 29.8 Å². The molecule has 0 bridgehead atoms. The smallest absolute Gasteiger partial charge is 0.248 e. The summed E-state index contributed by atoms with van der Waals surface area (Å²) in [6, 6.07) is 6.37. The summed E-state index contributed by atoms with van der Waals surface area (Å²) >= 11 is 4.01. The van der Waals surface area contributed by atoms with Gasteiger partial charge in [-0.1, -0.05) is 34.9 Å². The van der Waals surface area contributed by atoms with Gasteiger partial charge in [-0.3, -0.25) is 14.4 Å². The van der Waals surface area contributed by atoms with Crippen LogP contribution >= 0.6 is 34.9 Å². The average molecular weight is 454 g/mol. The Hall–Kier alpha value is -2.11. The predicted molar refractivity (Wildman–Crippen MR) is 117 cm³/mol. The number of primary amides is 1. The first kappa shape index (κ1) is 23.2. The van der Waals surface area contributed by atoms with E-state index in [1.54, 1.807) is 36.1 Å². The summed E-state index contributed by atoms with van der Waals surface area (Å²) in [5.41, 5.74) is 6.16. The van der Waals surface area contributed by atoms with Gasteiger partial charge in [-0.15, -0.1) is 10.2 Å². The monoisotopic (exact) mass is 453 g/mol. The molecular weight excluding hydrogens is 430 g/mol. The number of aromatic nitrogens is 2. The van der Waals surface area contributed by atoms with Crippen LogP contribution in [0, 0.1) is 0 Å². The first-order valence-electron chi connectivity index (χ1n) is 8.95. The number of nitrogens with two attached hydrogens (primary N) is 1. The van der Waals surface area contributed by atoms with Gasteiger partial charge in [-0.25, -0.2) is 0 Å². The summed E-state index contributed by atoms with van der Waals surface area (Å²) in [6.45, 7) is 7.04. The van der Waals surface area contributed by atoms with Crippen molar-refractivity contribution >= 4 is 58.3 Å². The minimum Gasteiger partial charge on any atom is -0.366 e. The van der Waals surface area contributed by atoms with E-state index in [4.69, 9.17) is 5.73 Å². The van der Waals surface area contributed by atoms with Crippen molar-refractivity contribution in [3.63, 3.8) is 0 Å². The number of carbonyl (C=O) groups is 3. The average Bonchev–Trinajstić information content (AvgIpc) is 3.15. The van der Waals surface area contributed by atoms with E-state index < -0.39 is 11.2 Å². The first-order chi connectivity index (χ1) is 13.8. The molecule has 0 spiro atoms. The second kappa shape index (κ2) is 11.2. The zero-order valence-electron chi connectivity index (χ0n) is 16.4. The number of thioether (sulfide) groups is 2. The number of nitrogens with one attached hydrogen (secondary N) is 1. The molecule has 1 atom stereocenters. The van der Waals surface area contributed by atoms with Gasteiger partial charge in [0.05, 0.1) is 11.0 Å². The molecule has 3 N–H and O–H groups in total. The van der Waals surface area contributed by atoms with Crippen LogP contribution in [0.25, 0.3) is 0 Å². The van der Waals surface area contributed by atoms with Crippen molar-refractivity contribution in [2.75, 3.05) is 24.2 Å². The molecule has 0 fully saturated rings. The molecule has 0 aliphatic heterocycles. The molecule has 1 aromatic heterocycles. The number of hydrogen-bond acceptors (Lipinski definition) is 8. The highest BCUT2D eigenvalue weighted by molar-refractivity contribution is 8.04. The van der Waals surface area contributed by atoms with E-state index >= 15 is 0 Å². The van der Waals surface area contributed by atoms with Crippen molar-refractivity contribution in [2.24, 2.45) is 5.73 Å². The lowest BCUT2D eigenvalue weighted by Crippen LogP contribution is -2.31. The minimum absolute atomic E-state index is 0.0690. The maximum absolute atomic E-state index is 12.4. The fraction of sp³-hybridized carbons (Fsp3) is 0.389. The molecule has 0 saturated heterocycles. The third-order valence-corrected chi connectivity index (χ3v) is 7.13. The van der Waals surface area contributed by atoms with Crippen LogP contribution in [0.3, 0.4) is 0 Å². The number of amides is 3. The molecule has 2 rings (SSSR count). The van der Waals surface area contributed by atoms with Crippen LogP contribution in [0.4, 0.5) is 5.69 Å².